The first-order chi connectivity index (χ1) is 20.3. The summed E-state index contributed by atoms with van der Waals surface area (Å²) >= 11 is 0. The first-order valence-electron chi connectivity index (χ1n) is 13.8. The number of hydrogen-bond donors (Lipinski definition) is 2. The van der Waals surface area contributed by atoms with Crippen LogP contribution in [0.2, 0.25) is 0 Å². The Labute approximate surface area is 246 Å². The molecule has 4 aromatic rings. The molecule has 1 atom stereocenters. The van der Waals surface area contributed by atoms with Gasteiger partial charge in [0.25, 0.3) is 0 Å². The maximum absolute atomic E-state index is 12.5. The lowest BCUT2D eigenvalue weighted by atomic mass is 10.1. The summed E-state index contributed by atoms with van der Waals surface area (Å²) in [5.41, 5.74) is 2.98. The summed E-state index contributed by atoms with van der Waals surface area (Å²) in [5, 5.41) is 3.22. The lowest BCUT2D eigenvalue weighted by Crippen LogP contribution is -2.50. The van der Waals surface area contributed by atoms with Gasteiger partial charge in [-0.15, -0.1) is 0 Å². The maximum atomic E-state index is 12.5. The number of rotatable bonds is 7. The fourth-order valence-electron chi connectivity index (χ4n) is 4.69. The van der Waals surface area contributed by atoms with E-state index in [0.717, 1.165) is 25.0 Å². The van der Waals surface area contributed by atoms with Gasteiger partial charge >= 0.3 is 12.3 Å². The molecule has 2 N–H and O–H groups in total. The highest BCUT2D eigenvalue weighted by Crippen LogP contribution is 2.28. The molecule has 0 aliphatic carbocycles. The van der Waals surface area contributed by atoms with Crippen molar-refractivity contribution in [2.24, 2.45) is 0 Å². The SMILES string of the molecule is CC(c1ccnc(Nc2nc3ccc(-c4cc(OCC(F)(F)F)ncn4)cc3[nH]2)c1)N1CCN(C(=O)OC(C)(C)C)CC1. The van der Waals surface area contributed by atoms with Crippen LogP contribution >= 0.6 is 0 Å². The highest BCUT2D eigenvalue weighted by molar-refractivity contribution is 5.83. The van der Waals surface area contributed by atoms with Crippen molar-refractivity contribution in [3.63, 3.8) is 0 Å². The van der Waals surface area contributed by atoms with Crippen molar-refractivity contribution < 1.29 is 27.4 Å². The van der Waals surface area contributed by atoms with Crippen LogP contribution in [0.4, 0.5) is 29.7 Å². The number of aromatic nitrogens is 5. The number of nitrogens with zero attached hydrogens (tertiary/aromatic N) is 6. The van der Waals surface area contributed by atoms with Gasteiger partial charge in [-0.1, -0.05) is 6.07 Å². The van der Waals surface area contributed by atoms with E-state index in [1.807, 2.05) is 32.9 Å². The Morgan fingerprint density at radius 2 is 1.81 bits per heavy atom. The first-order valence-corrected chi connectivity index (χ1v) is 13.8. The molecule has 228 valence electrons. The smallest absolute Gasteiger partial charge is 0.422 e. The van der Waals surface area contributed by atoms with Crippen LogP contribution in [-0.2, 0) is 4.74 Å². The number of ether oxygens (including phenoxy) is 2. The summed E-state index contributed by atoms with van der Waals surface area (Å²) in [6, 6.07) is 10.7. The average molecular weight is 599 g/mol. The molecule has 0 spiro atoms. The molecule has 0 bridgehead atoms. The maximum Gasteiger partial charge on any atom is 0.422 e. The number of pyridine rings is 1. The number of H-pyrrole nitrogens is 1. The molecule has 43 heavy (non-hydrogen) atoms. The van der Waals surface area contributed by atoms with Gasteiger partial charge in [-0.25, -0.2) is 24.7 Å². The van der Waals surface area contributed by atoms with E-state index in [2.05, 4.69) is 42.1 Å². The van der Waals surface area contributed by atoms with Gasteiger partial charge < -0.3 is 24.7 Å². The van der Waals surface area contributed by atoms with Gasteiger partial charge in [-0.05, 0) is 57.5 Å². The normalized spacial score (nSPS) is 15.4. The van der Waals surface area contributed by atoms with Gasteiger partial charge in [0.2, 0.25) is 11.8 Å². The molecular weight excluding hydrogens is 565 g/mol. The Balaban J connectivity index is 1.23. The van der Waals surface area contributed by atoms with Gasteiger partial charge in [0.15, 0.2) is 6.61 Å². The van der Waals surface area contributed by atoms with E-state index in [9.17, 15) is 18.0 Å². The quantitative estimate of drug-likeness (QED) is 0.275. The fraction of sp³-hybridized carbons (Fsp3) is 0.414. The van der Waals surface area contributed by atoms with E-state index in [1.165, 1.54) is 6.07 Å². The molecule has 0 radical (unpaired) electrons. The van der Waals surface area contributed by atoms with Crippen LogP contribution in [0.5, 0.6) is 5.88 Å². The van der Waals surface area contributed by atoms with Crippen molar-refractivity contribution in [2.75, 3.05) is 38.1 Å². The number of fused-ring (bicyclic) bond motifs is 1. The molecule has 1 saturated heterocycles. The van der Waals surface area contributed by atoms with Gasteiger partial charge in [-0.3, -0.25) is 4.90 Å². The van der Waals surface area contributed by atoms with Crippen LogP contribution in [0.1, 0.15) is 39.3 Å². The summed E-state index contributed by atoms with van der Waals surface area (Å²) in [6.07, 6.45) is -1.86. The molecule has 1 fully saturated rings. The predicted octanol–water partition coefficient (Wildman–Crippen LogP) is 5.71. The third kappa shape index (κ3) is 7.89. The zero-order valence-corrected chi connectivity index (χ0v) is 24.3. The number of carbonyl (C=O) groups is 1. The van der Waals surface area contributed by atoms with Crippen molar-refractivity contribution in [3.8, 4) is 17.1 Å². The number of halogens is 3. The van der Waals surface area contributed by atoms with Crippen molar-refractivity contribution in [2.45, 2.75) is 45.5 Å². The minimum atomic E-state index is -4.46. The first kappa shape index (κ1) is 30.0. The third-order valence-electron chi connectivity index (χ3n) is 6.83. The Kier molecular flexibility index (Phi) is 8.40. The van der Waals surface area contributed by atoms with Crippen molar-refractivity contribution >= 4 is 28.9 Å². The molecule has 1 aliphatic rings. The zero-order valence-electron chi connectivity index (χ0n) is 24.3. The van der Waals surface area contributed by atoms with Crippen LogP contribution < -0.4 is 10.1 Å². The second-order valence-electron chi connectivity index (χ2n) is 11.2. The minimum Gasteiger partial charge on any atom is -0.468 e. The summed E-state index contributed by atoms with van der Waals surface area (Å²) in [5.74, 6) is 0.921. The van der Waals surface area contributed by atoms with Crippen molar-refractivity contribution in [1.82, 2.24) is 34.7 Å². The molecule has 1 amide bonds. The van der Waals surface area contributed by atoms with Crippen LogP contribution in [0.25, 0.3) is 22.3 Å². The van der Waals surface area contributed by atoms with Crippen molar-refractivity contribution in [1.29, 1.82) is 0 Å². The number of anilines is 2. The average Bonchev–Trinajstić information content (AvgIpc) is 3.36. The Hall–Kier alpha value is -4.46. The third-order valence-corrected chi connectivity index (χ3v) is 6.83. The van der Waals surface area contributed by atoms with Gasteiger partial charge in [0, 0.05) is 50.0 Å². The second-order valence-corrected chi connectivity index (χ2v) is 11.2. The van der Waals surface area contributed by atoms with Crippen LogP contribution in [-0.4, -0.2) is 85.4 Å². The van der Waals surface area contributed by atoms with E-state index in [0.29, 0.717) is 47.1 Å². The highest BCUT2D eigenvalue weighted by atomic mass is 19.4. The Morgan fingerprint density at radius 1 is 1.05 bits per heavy atom. The molecule has 0 saturated carbocycles. The molecule has 1 aromatic carbocycles. The van der Waals surface area contributed by atoms with Crippen LogP contribution in [0.15, 0.2) is 48.9 Å². The lowest BCUT2D eigenvalue weighted by molar-refractivity contribution is -0.154. The van der Waals surface area contributed by atoms with E-state index >= 15 is 0 Å². The summed E-state index contributed by atoms with van der Waals surface area (Å²) in [4.78, 5) is 36.6. The van der Waals surface area contributed by atoms with E-state index < -0.39 is 18.4 Å². The molecule has 11 nitrogen and oxygen atoms in total. The van der Waals surface area contributed by atoms with Gasteiger partial charge in [0.05, 0.1) is 16.7 Å². The molecule has 4 heterocycles. The van der Waals surface area contributed by atoms with E-state index in [4.69, 9.17) is 9.47 Å². The Morgan fingerprint density at radius 3 is 2.53 bits per heavy atom. The molecular formula is C29H33F3N8O3. The molecule has 3 aromatic heterocycles. The summed E-state index contributed by atoms with van der Waals surface area (Å²) in [7, 11) is 0. The molecule has 1 aliphatic heterocycles. The number of carbonyl (C=O) groups excluding carboxylic acids is 1. The number of aromatic amines is 1. The zero-order chi connectivity index (χ0) is 30.8. The number of imidazole rings is 1. The number of amides is 1. The topological polar surface area (TPSA) is 121 Å². The standard InChI is InChI=1S/C29H33F3N8O3/c1-18(39-9-11-40(12-10-39)27(41)43-28(2,3)4)19-7-8-33-24(14-19)38-26-36-21-6-5-20(13-23(21)37-26)22-15-25(35-17-34-22)42-16-29(30,31)32/h5-8,13-15,17-18H,9-12,16H2,1-4H3,(H2,33,36,37,38). The summed E-state index contributed by atoms with van der Waals surface area (Å²) < 4.78 is 47.8. The highest BCUT2D eigenvalue weighted by Gasteiger charge is 2.29. The van der Waals surface area contributed by atoms with E-state index in [-0.39, 0.29) is 18.0 Å². The van der Waals surface area contributed by atoms with Gasteiger partial charge in [-0.2, -0.15) is 13.2 Å². The molecule has 5 rings (SSSR count). The number of alkyl halides is 3. The fourth-order valence-corrected chi connectivity index (χ4v) is 4.69. The van der Waals surface area contributed by atoms with Crippen molar-refractivity contribution in [3.05, 3.63) is 54.5 Å². The number of hydrogen-bond acceptors (Lipinski definition) is 9. The summed E-state index contributed by atoms with van der Waals surface area (Å²) in [6.45, 7) is 8.90. The minimum absolute atomic E-state index is 0.0976. The number of piperazine rings is 1. The molecule has 14 heteroatoms. The van der Waals surface area contributed by atoms with E-state index in [1.54, 1.807) is 29.3 Å². The molecule has 1 unspecified atom stereocenters. The van der Waals surface area contributed by atoms with Gasteiger partial charge in [0.1, 0.15) is 17.7 Å². The Bertz CT molecular complexity index is 1580. The number of nitrogens with one attached hydrogen (secondary N) is 2. The predicted molar refractivity (Wildman–Crippen MR) is 154 cm³/mol. The largest absolute Gasteiger partial charge is 0.468 e. The number of benzene rings is 1. The monoisotopic (exact) mass is 598 g/mol. The lowest BCUT2D eigenvalue weighted by Gasteiger charge is -2.38. The van der Waals surface area contributed by atoms with Crippen LogP contribution in [0.3, 0.4) is 0 Å². The van der Waals surface area contributed by atoms with Crippen LogP contribution in [0, 0.1) is 0 Å². The second kappa shape index (κ2) is 12.0.